The molecule has 264 valence electrons. The molecule has 11 nitrogen and oxygen atoms in total. The average molecular weight is 697 g/mol. The van der Waals surface area contributed by atoms with Crippen LogP contribution in [0.25, 0.3) is 0 Å². The van der Waals surface area contributed by atoms with Crippen LogP contribution in [0.4, 0.5) is 16.2 Å². The van der Waals surface area contributed by atoms with Crippen molar-refractivity contribution in [3.63, 3.8) is 0 Å². The van der Waals surface area contributed by atoms with Crippen LogP contribution in [0.2, 0.25) is 5.02 Å². The Morgan fingerprint density at radius 1 is 0.959 bits per heavy atom. The molecule has 12 heteroatoms. The van der Waals surface area contributed by atoms with Gasteiger partial charge in [-0.05, 0) is 75.6 Å². The Labute approximate surface area is 292 Å². The van der Waals surface area contributed by atoms with Crippen molar-refractivity contribution in [2.45, 2.75) is 71.7 Å². The molecule has 0 saturated carbocycles. The van der Waals surface area contributed by atoms with Crippen LogP contribution in [0.1, 0.15) is 58.1 Å². The maximum absolute atomic E-state index is 13.2. The standard InChI is InChI=1S/C37H45ClN2O9/c1-6-45-35(42)16-10-26-9-13-29(22-33(26)47-23-25-7-11-27(38)12-8-25)46-24-34(41)39-31-15-14-30(48-28-17-19-44-20-18-28)21-32(31)40(5)36(43)49-37(2,3)4/h7-9,11-15,21-22,28H,6,10,16-20,23-24H2,1-5H3,(H,39,41). The van der Waals surface area contributed by atoms with Crippen molar-refractivity contribution in [2.24, 2.45) is 0 Å². The maximum atomic E-state index is 13.2. The van der Waals surface area contributed by atoms with Gasteiger partial charge in [0.25, 0.3) is 5.91 Å². The zero-order valence-electron chi connectivity index (χ0n) is 28.7. The highest BCUT2D eigenvalue weighted by Crippen LogP contribution is 2.33. The van der Waals surface area contributed by atoms with Crippen molar-refractivity contribution in [3.8, 4) is 17.2 Å². The molecule has 49 heavy (non-hydrogen) atoms. The highest BCUT2D eigenvalue weighted by atomic mass is 35.5. The lowest BCUT2D eigenvalue weighted by Gasteiger charge is -2.27. The number of anilines is 2. The van der Waals surface area contributed by atoms with Gasteiger partial charge < -0.3 is 33.7 Å². The molecular formula is C37H45ClN2O9. The van der Waals surface area contributed by atoms with Crippen LogP contribution >= 0.6 is 11.6 Å². The van der Waals surface area contributed by atoms with E-state index < -0.39 is 17.6 Å². The third-order valence-corrected chi connectivity index (χ3v) is 7.61. The Kier molecular flexibility index (Phi) is 13.6. The first-order valence-corrected chi connectivity index (χ1v) is 16.7. The molecule has 1 aliphatic heterocycles. The number of nitrogens with one attached hydrogen (secondary N) is 1. The van der Waals surface area contributed by atoms with Crippen molar-refractivity contribution in [1.82, 2.24) is 0 Å². The normalized spacial score (nSPS) is 13.3. The van der Waals surface area contributed by atoms with E-state index in [1.807, 2.05) is 12.1 Å². The van der Waals surface area contributed by atoms with E-state index in [0.717, 1.165) is 24.0 Å². The van der Waals surface area contributed by atoms with Crippen molar-refractivity contribution >= 4 is 40.9 Å². The summed E-state index contributed by atoms with van der Waals surface area (Å²) in [5.74, 6) is 0.710. The topological polar surface area (TPSA) is 122 Å². The molecule has 2 amide bonds. The highest BCUT2D eigenvalue weighted by Gasteiger charge is 2.24. The number of esters is 1. The van der Waals surface area contributed by atoms with Gasteiger partial charge in [-0.1, -0.05) is 29.8 Å². The summed E-state index contributed by atoms with van der Waals surface area (Å²) in [4.78, 5) is 39.5. The number of amides is 2. The van der Waals surface area contributed by atoms with Gasteiger partial charge in [0, 0.05) is 43.5 Å². The summed E-state index contributed by atoms with van der Waals surface area (Å²) < 4.78 is 34.2. The third kappa shape index (κ3) is 12.2. The molecule has 3 aromatic rings. The molecule has 0 spiro atoms. The van der Waals surface area contributed by atoms with Crippen molar-refractivity contribution < 1.29 is 42.8 Å². The predicted octanol–water partition coefficient (Wildman–Crippen LogP) is 7.36. The van der Waals surface area contributed by atoms with E-state index in [4.69, 9.17) is 40.0 Å². The van der Waals surface area contributed by atoms with Gasteiger partial charge in [-0.15, -0.1) is 0 Å². The summed E-state index contributed by atoms with van der Waals surface area (Å²) in [6.07, 6.45) is 1.50. The van der Waals surface area contributed by atoms with Gasteiger partial charge in [0.15, 0.2) is 6.61 Å². The molecule has 0 unspecified atom stereocenters. The number of rotatable bonds is 14. The minimum Gasteiger partial charge on any atom is -0.490 e. The predicted molar refractivity (Wildman–Crippen MR) is 187 cm³/mol. The smallest absolute Gasteiger partial charge is 0.414 e. The van der Waals surface area contributed by atoms with Crippen molar-refractivity contribution in [1.29, 1.82) is 0 Å². The van der Waals surface area contributed by atoms with Crippen molar-refractivity contribution in [3.05, 3.63) is 76.8 Å². The van der Waals surface area contributed by atoms with E-state index in [1.54, 1.807) is 83.3 Å². The largest absolute Gasteiger partial charge is 0.490 e. The second-order valence-electron chi connectivity index (χ2n) is 12.5. The fourth-order valence-corrected chi connectivity index (χ4v) is 5.02. The molecule has 0 bridgehead atoms. The summed E-state index contributed by atoms with van der Waals surface area (Å²) in [7, 11) is 1.57. The lowest BCUT2D eigenvalue weighted by molar-refractivity contribution is -0.143. The third-order valence-electron chi connectivity index (χ3n) is 7.36. The molecule has 1 heterocycles. The Hall–Kier alpha value is -4.48. The maximum Gasteiger partial charge on any atom is 0.414 e. The summed E-state index contributed by atoms with van der Waals surface area (Å²) in [6.45, 7) is 8.59. The van der Waals surface area contributed by atoms with E-state index in [-0.39, 0.29) is 31.7 Å². The van der Waals surface area contributed by atoms with Crippen LogP contribution in [0.5, 0.6) is 17.2 Å². The second kappa shape index (κ2) is 17.8. The number of ether oxygens (including phenoxy) is 6. The first kappa shape index (κ1) is 37.3. The molecule has 0 radical (unpaired) electrons. The quantitative estimate of drug-likeness (QED) is 0.172. The van der Waals surface area contributed by atoms with Crippen LogP contribution in [-0.2, 0) is 36.8 Å². The molecule has 1 N–H and O–H groups in total. The number of benzene rings is 3. The monoisotopic (exact) mass is 696 g/mol. The Balaban J connectivity index is 1.47. The Morgan fingerprint density at radius 3 is 2.37 bits per heavy atom. The molecule has 0 aliphatic carbocycles. The number of carbonyl (C=O) groups is 3. The first-order chi connectivity index (χ1) is 23.4. The van der Waals surface area contributed by atoms with Crippen LogP contribution in [0.15, 0.2) is 60.7 Å². The second-order valence-corrected chi connectivity index (χ2v) is 12.9. The number of hydrogen-bond donors (Lipinski definition) is 1. The number of nitrogens with zero attached hydrogens (tertiary/aromatic N) is 1. The minimum absolute atomic E-state index is 0.0149. The lowest BCUT2D eigenvalue weighted by atomic mass is 10.1. The molecule has 1 fully saturated rings. The molecule has 3 aromatic carbocycles. The minimum atomic E-state index is -0.718. The van der Waals surface area contributed by atoms with Gasteiger partial charge in [-0.2, -0.15) is 0 Å². The van der Waals surface area contributed by atoms with E-state index in [2.05, 4.69) is 5.32 Å². The number of aryl methyl sites for hydroxylation is 1. The summed E-state index contributed by atoms with van der Waals surface area (Å²) in [5.41, 5.74) is 1.75. The van der Waals surface area contributed by atoms with Gasteiger partial charge in [-0.25, -0.2) is 4.79 Å². The SMILES string of the molecule is CCOC(=O)CCc1ccc(OCC(=O)Nc2ccc(OC3CCOCC3)cc2N(C)C(=O)OC(C)(C)C)cc1OCc1ccc(Cl)cc1. The Bertz CT molecular complexity index is 1570. The van der Waals surface area contributed by atoms with Crippen LogP contribution in [0.3, 0.4) is 0 Å². The van der Waals surface area contributed by atoms with E-state index in [1.165, 1.54) is 4.90 Å². The average Bonchev–Trinajstić information content (AvgIpc) is 3.06. The van der Waals surface area contributed by atoms with E-state index >= 15 is 0 Å². The van der Waals surface area contributed by atoms with Crippen LogP contribution in [-0.4, -0.2) is 63.1 Å². The summed E-state index contributed by atoms with van der Waals surface area (Å²) in [5, 5.41) is 3.47. The van der Waals surface area contributed by atoms with E-state index in [9.17, 15) is 14.4 Å². The lowest BCUT2D eigenvalue weighted by Crippen LogP contribution is -2.35. The highest BCUT2D eigenvalue weighted by molar-refractivity contribution is 6.30. The first-order valence-electron chi connectivity index (χ1n) is 16.3. The van der Waals surface area contributed by atoms with E-state index in [0.29, 0.717) is 59.9 Å². The van der Waals surface area contributed by atoms with Gasteiger partial charge >= 0.3 is 12.1 Å². The van der Waals surface area contributed by atoms with Gasteiger partial charge in [0.2, 0.25) is 0 Å². The molecule has 1 aliphatic rings. The molecule has 0 aromatic heterocycles. The molecular weight excluding hydrogens is 652 g/mol. The zero-order valence-corrected chi connectivity index (χ0v) is 29.5. The van der Waals surface area contributed by atoms with Gasteiger partial charge in [0.05, 0.1) is 31.2 Å². The van der Waals surface area contributed by atoms with Crippen molar-refractivity contribution in [2.75, 3.05) is 43.7 Å². The fourth-order valence-electron chi connectivity index (χ4n) is 4.90. The zero-order chi connectivity index (χ0) is 35.4. The number of carbonyl (C=O) groups excluding carboxylic acids is 3. The molecule has 0 atom stereocenters. The van der Waals surface area contributed by atoms with Crippen LogP contribution in [0, 0.1) is 0 Å². The van der Waals surface area contributed by atoms with Crippen LogP contribution < -0.4 is 24.4 Å². The fraction of sp³-hybridized carbons (Fsp3) is 0.432. The van der Waals surface area contributed by atoms with Gasteiger partial charge in [0.1, 0.15) is 35.6 Å². The number of halogens is 1. The van der Waals surface area contributed by atoms with Gasteiger partial charge in [-0.3, -0.25) is 14.5 Å². The number of hydrogen-bond acceptors (Lipinski definition) is 9. The Morgan fingerprint density at radius 2 is 1.67 bits per heavy atom. The molecule has 1 saturated heterocycles. The summed E-state index contributed by atoms with van der Waals surface area (Å²) >= 11 is 6.02. The molecule has 4 rings (SSSR count). The summed E-state index contributed by atoms with van der Waals surface area (Å²) in [6, 6.07) is 17.6.